The zero-order valence-corrected chi connectivity index (χ0v) is 11.2. The van der Waals surface area contributed by atoms with Gasteiger partial charge in [0.15, 0.2) is 9.84 Å². The summed E-state index contributed by atoms with van der Waals surface area (Å²) in [6, 6.07) is 0. The van der Waals surface area contributed by atoms with Gasteiger partial charge in [-0.2, -0.15) is 0 Å². The van der Waals surface area contributed by atoms with Gasteiger partial charge in [0.1, 0.15) is 5.75 Å². The molecule has 0 unspecified atom stereocenters. The van der Waals surface area contributed by atoms with Gasteiger partial charge in [-0.15, -0.1) is 0 Å². The monoisotopic (exact) mass is 266 g/mol. The molecule has 94 valence electrons. The smallest absolute Gasteiger partial charge is 0.235 e. The van der Waals surface area contributed by atoms with Gasteiger partial charge in [0.25, 0.3) is 0 Å². The molecule has 0 aromatic rings. The van der Waals surface area contributed by atoms with Crippen LogP contribution in [0, 0.1) is 5.92 Å². The third-order valence-electron chi connectivity index (χ3n) is 1.72. The fourth-order valence-corrected chi connectivity index (χ4v) is 2.31. The third-order valence-corrected chi connectivity index (χ3v) is 3.45. The lowest BCUT2D eigenvalue weighted by atomic mass is 10.2. The molecule has 0 spiro atoms. The maximum atomic E-state index is 11.4. The van der Waals surface area contributed by atoms with Crippen LogP contribution in [0.5, 0.6) is 0 Å². The normalized spacial score (nSPS) is 11.4. The second kappa shape index (κ2) is 6.80. The van der Waals surface area contributed by atoms with Gasteiger partial charge in [-0.25, -0.2) is 8.42 Å². The molecule has 0 radical (unpaired) electrons. The second-order valence-corrected chi connectivity index (χ2v) is 6.71. The number of nitrogens with two attached hydrogens (primary N) is 1. The van der Waals surface area contributed by atoms with Crippen molar-refractivity contribution in [2.24, 2.45) is 11.7 Å². The summed E-state index contributed by atoms with van der Waals surface area (Å²) in [5.74, 6) is -0.848. The maximum Gasteiger partial charge on any atom is 0.235 e. The first-order valence-electron chi connectivity index (χ1n) is 4.98. The molecule has 0 atom stereocenters. The minimum atomic E-state index is -3.40. The van der Waals surface area contributed by atoms with Gasteiger partial charge < -0.3 is 11.1 Å². The zero-order valence-electron chi connectivity index (χ0n) is 9.52. The standard InChI is InChI=1S/C9H18N2O3S2/c1-7(2)5-11-9(12)6-16(13,14)4-3-8(10)15/h7H,3-6H2,1-2H3,(H2,10,15)(H,11,12). The molecular weight excluding hydrogens is 248 g/mol. The Bertz CT molecular complexity index is 350. The molecule has 0 aromatic heterocycles. The fourth-order valence-electron chi connectivity index (χ4n) is 0.897. The first kappa shape index (κ1) is 15.3. The lowest BCUT2D eigenvalue weighted by molar-refractivity contribution is -0.118. The highest BCUT2D eigenvalue weighted by atomic mass is 32.2. The first-order valence-corrected chi connectivity index (χ1v) is 7.21. The van der Waals surface area contributed by atoms with Crippen molar-refractivity contribution < 1.29 is 13.2 Å². The van der Waals surface area contributed by atoms with Crippen LogP contribution in [0.2, 0.25) is 0 Å². The Morgan fingerprint density at radius 2 is 2.00 bits per heavy atom. The Balaban J connectivity index is 4.06. The van der Waals surface area contributed by atoms with E-state index >= 15 is 0 Å². The van der Waals surface area contributed by atoms with Crippen molar-refractivity contribution in [3.63, 3.8) is 0 Å². The summed E-state index contributed by atoms with van der Waals surface area (Å²) < 4.78 is 22.8. The Morgan fingerprint density at radius 1 is 1.44 bits per heavy atom. The van der Waals surface area contributed by atoms with Crippen LogP contribution in [-0.2, 0) is 14.6 Å². The SMILES string of the molecule is CC(C)CNC(=O)CS(=O)(=O)CCC(N)=S. The molecule has 7 heteroatoms. The van der Waals surface area contributed by atoms with Crippen LogP contribution in [0.4, 0.5) is 0 Å². The van der Waals surface area contributed by atoms with Gasteiger partial charge in [0, 0.05) is 13.0 Å². The predicted molar refractivity (Wildman–Crippen MR) is 67.9 cm³/mol. The lowest BCUT2D eigenvalue weighted by Gasteiger charge is -2.07. The van der Waals surface area contributed by atoms with Crippen LogP contribution in [0.3, 0.4) is 0 Å². The number of amides is 1. The molecule has 0 fully saturated rings. The van der Waals surface area contributed by atoms with Gasteiger partial charge in [-0.3, -0.25) is 4.79 Å². The number of thiocarbonyl (C=S) groups is 1. The van der Waals surface area contributed by atoms with Gasteiger partial charge >= 0.3 is 0 Å². The van der Waals surface area contributed by atoms with Crippen LogP contribution in [0.15, 0.2) is 0 Å². The highest BCUT2D eigenvalue weighted by Crippen LogP contribution is 1.95. The Kier molecular flexibility index (Phi) is 6.51. The summed E-state index contributed by atoms with van der Waals surface area (Å²) in [4.78, 5) is 11.4. The lowest BCUT2D eigenvalue weighted by Crippen LogP contribution is -2.34. The van der Waals surface area contributed by atoms with E-state index in [1.54, 1.807) is 0 Å². The van der Waals surface area contributed by atoms with Crippen LogP contribution in [0.25, 0.3) is 0 Å². The van der Waals surface area contributed by atoms with Gasteiger partial charge in [-0.1, -0.05) is 26.1 Å². The van der Waals surface area contributed by atoms with Gasteiger partial charge in [-0.05, 0) is 5.92 Å². The highest BCUT2D eigenvalue weighted by Gasteiger charge is 2.16. The van der Waals surface area contributed by atoms with Crippen molar-refractivity contribution in [1.82, 2.24) is 5.32 Å². The molecule has 0 bridgehead atoms. The molecule has 0 aliphatic carbocycles. The van der Waals surface area contributed by atoms with Crippen molar-refractivity contribution in [1.29, 1.82) is 0 Å². The van der Waals surface area contributed by atoms with E-state index in [9.17, 15) is 13.2 Å². The molecule has 1 amide bonds. The van der Waals surface area contributed by atoms with Crippen molar-refractivity contribution >= 4 is 33.0 Å². The maximum absolute atomic E-state index is 11.4. The molecule has 0 rings (SSSR count). The highest BCUT2D eigenvalue weighted by molar-refractivity contribution is 7.92. The van der Waals surface area contributed by atoms with E-state index in [1.807, 2.05) is 13.8 Å². The average Bonchev–Trinajstić information content (AvgIpc) is 2.11. The number of rotatable bonds is 7. The molecular formula is C9H18N2O3S2. The predicted octanol–water partition coefficient (Wildman–Crippen LogP) is -0.150. The fraction of sp³-hybridized carbons (Fsp3) is 0.778. The van der Waals surface area contributed by atoms with Crippen molar-refractivity contribution in [2.45, 2.75) is 20.3 Å². The minimum Gasteiger partial charge on any atom is -0.393 e. The molecule has 0 saturated heterocycles. The van der Waals surface area contributed by atoms with E-state index in [4.69, 9.17) is 5.73 Å². The molecule has 0 aliphatic rings. The summed E-state index contributed by atoms with van der Waals surface area (Å²) >= 11 is 4.58. The largest absolute Gasteiger partial charge is 0.393 e. The zero-order chi connectivity index (χ0) is 12.8. The van der Waals surface area contributed by atoms with Crippen molar-refractivity contribution in [3.05, 3.63) is 0 Å². The average molecular weight is 266 g/mol. The second-order valence-electron chi connectivity index (χ2n) is 4.01. The number of nitrogens with one attached hydrogen (secondary N) is 1. The molecule has 0 aliphatic heterocycles. The molecule has 0 aromatic carbocycles. The van der Waals surface area contributed by atoms with E-state index in [1.165, 1.54) is 0 Å². The van der Waals surface area contributed by atoms with E-state index < -0.39 is 21.5 Å². The number of carbonyl (C=O) groups excluding carboxylic acids is 1. The Labute approximate surface area is 102 Å². The number of sulfone groups is 1. The van der Waals surface area contributed by atoms with Crippen LogP contribution < -0.4 is 11.1 Å². The van der Waals surface area contributed by atoms with Crippen LogP contribution in [0.1, 0.15) is 20.3 Å². The first-order chi connectivity index (χ1) is 7.23. The summed E-state index contributed by atoms with van der Waals surface area (Å²) in [6.07, 6.45) is 0.120. The van der Waals surface area contributed by atoms with E-state index in [2.05, 4.69) is 17.5 Å². The van der Waals surface area contributed by atoms with Crippen molar-refractivity contribution in [2.75, 3.05) is 18.1 Å². The van der Waals surface area contributed by atoms with E-state index in [0.717, 1.165) is 0 Å². The Morgan fingerprint density at radius 3 is 2.44 bits per heavy atom. The number of hydrogen-bond donors (Lipinski definition) is 2. The van der Waals surface area contributed by atoms with Crippen LogP contribution in [-0.4, -0.2) is 37.4 Å². The van der Waals surface area contributed by atoms with E-state index in [-0.39, 0.29) is 17.2 Å². The summed E-state index contributed by atoms with van der Waals surface area (Å²) in [6.45, 7) is 4.34. The molecule has 0 saturated carbocycles. The molecule has 0 heterocycles. The van der Waals surface area contributed by atoms with Crippen LogP contribution >= 0.6 is 12.2 Å². The summed E-state index contributed by atoms with van der Waals surface area (Å²) in [7, 11) is -3.40. The van der Waals surface area contributed by atoms with Gasteiger partial charge in [0.2, 0.25) is 5.91 Å². The minimum absolute atomic E-state index is 0.120. The molecule has 3 N–H and O–H groups in total. The molecule has 5 nitrogen and oxygen atoms in total. The number of hydrogen-bond acceptors (Lipinski definition) is 4. The Hall–Kier alpha value is -0.690. The summed E-state index contributed by atoms with van der Waals surface area (Å²) in [5.41, 5.74) is 5.20. The van der Waals surface area contributed by atoms with Gasteiger partial charge in [0.05, 0.1) is 10.7 Å². The topological polar surface area (TPSA) is 89.3 Å². The third kappa shape index (κ3) is 8.60. The number of carbonyl (C=O) groups is 1. The molecule has 16 heavy (non-hydrogen) atoms. The van der Waals surface area contributed by atoms with E-state index in [0.29, 0.717) is 12.5 Å². The summed E-state index contributed by atoms with van der Waals surface area (Å²) in [5, 5.41) is 2.54. The quantitative estimate of drug-likeness (QED) is 0.626. The van der Waals surface area contributed by atoms with Crippen molar-refractivity contribution in [3.8, 4) is 0 Å².